The highest BCUT2D eigenvalue weighted by Gasteiger charge is 2.23. The molecule has 0 aliphatic carbocycles. The van der Waals surface area contributed by atoms with Crippen LogP contribution in [0, 0.1) is 0 Å². The first-order valence-electron chi connectivity index (χ1n) is 5.71. The minimum absolute atomic E-state index is 0.653. The Morgan fingerprint density at radius 2 is 2.07 bits per heavy atom. The molecule has 1 fully saturated rings. The number of benzene rings is 1. The van der Waals surface area contributed by atoms with Crippen LogP contribution in [0.2, 0.25) is 0 Å². The zero-order valence-corrected chi connectivity index (χ0v) is 9.16. The van der Waals surface area contributed by atoms with E-state index in [-0.39, 0.29) is 0 Å². The van der Waals surface area contributed by atoms with Gasteiger partial charge < -0.3 is 5.32 Å². The maximum absolute atomic E-state index is 2.49. The molecule has 2 rings (SSSR count). The van der Waals surface area contributed by atoms with Gasteiger partial charge in [0.15, 0.2) is 0 Å². The van der Waals surface area contributed by atoms with Crippen LogP contribution in [0.5, 0.6) is 0 Å². The van der Waals surface area contributed by atoms with E-state index in [0.717, 1.165) is 6.04 Å². The van der Waals surface area contributed by atoms with Gasteiger partial charge in [-0.1, -0.05) is 38.1 Å². The molecule has 1 heterocycles. The monoisotopic (exact) mass is 190 g/mol. The average molecular weight is 190 g/mol. The molecule has 1 aromatic carbocycles. The van der Waals surface area contributed by atoms with E-state index < -0.39 is 0 Å². The molecule has 1 saturated heterocycles. The molecule has 0 saturated carbocycles. The zero-order valence-electron chi connectivity index (χ0n) is 9.16. The molecule has 0 radical (unpaired) electrons. The third-order valence-electron chi connectivity index (χ3n) is 3.19. The minimum Gasteiger partial charge on any atom is -0.340 e. The summed E-state index contributed by atoms with van der Waals surface area (Å²) in [5.74, 6) is 0.653. The fourth-order valence-electron chi connectivity index (χ4n) is 2.43. The van der Waals surface area contributed by atoms with E-state index in [1.54, 1.807) is 5.56 Å². The van der Waals surface area contributed by atoms with Gasteiger partial charge in [0.1, 0.15) is 6.04 Å². The Balaban J connectivity index is 2.30. The van der Waals surface area contributed by atoms with Crippen molar-refractivity contribution in [2.24, 2.45) is 0 Å². The van der Waals surface area contributed by atoms with Gasteiger partial charge in [-0.15, -0.1) is 0 Å². The van der Waals surface area contributed by atoms with Gasteiger partial charge in [-0.2, -0.15) is 0 Å². The molecule has 0 amide bonds. The molecule has 0 bridgehead atoms. The third-order valence-corrected chi connectivity index (χ3v) is 3.19. The fraction of sp³-hybridized carbons (Fsp3) is 0.538. The van der Waals surface area contributed by atoms with Crippen molar-refractivity contribution < 1.29 is 5.32 Å². The van der Waals surface area contributed by atoms with Crippen LogP contribution in [-0.2, 0) is 0 Å². The van der Waals surface area contributed by atoms with E-state index in [1.807, 2.05) is 0 Å². The van der Waals surface area contributed by atoms with E-state index in [0.29, 0.717) is 5.92 Å². The van der Waals surface area contributed by atoms with Gasteiger partial charge in [0.05, 0.1) is 6.54 Å². The molecule has 1 unspecified atom stereocenters. The highest BCUT2D eigenvalue weighted by Crippen LogP contribution is 2.26. The number of hydrogen-bond acceptors (Lipinski definition) is 0. The van der Waals surface area contributed by atoms with Crippen molar-refractivity contribution in [3.05, 3.63) is 35.4 Å². The smallest absolute Gasteiger partial charge is 0.112 e. The van der Waals surface area contributed by atoms with Gasteiger partial charge >= 0.3 is 0 Å². The second kappa shape index (κ2) is 4.14. The van der Waals surface area contributed by atoms with Gasteiger partial charge in [0.2, 0.25) is 0 Å². The van der Waals surface area contributed by atoms with Gasteiger partial charge in [-0.25, -0.2) is 0 Å². The number of rotatable bonds is 2. The van der Waals surface area contributed by atoms with Crippen LogP contribution in [-0.4, -0.2) is 6.54 Å². The number of quaternary nitrogens is 1. The Labute approximate surface area is 86.5 Å². The lowest BCUT2D eigenvalue weighted by Crippen LogP contribution is -2.81. The molecule has 1 aliphatic heterocycles. The van der Waals surface area contributed by atoms with E-state index in [9.17, 15) is 0 Å². The summed E-state index contributed by atoms with van der Waals surface area (Å²) in [6.45, 7) is 5.87. The van der Waals surface area contributed by atoms with E-state index in [2.05, 4.69) is 43.4 Å². The van der Waals surface area contributed by atoms with Gasteiger partial charge in [0, 0.05) is 18.4 Å². The molecule has 2 N–H and O–H groups in total. The van der Waals surface area contributed by atoms with Gasteiger partial charge in [-0.05, 0) is 11.5 Å². The van der Waals surface area contributed by atoms with E-state index in [4.69, 9.17) is 0 Å². The summed E-state index contributed by atoms with van der Waals surface area (Å²) in [7, 11) is 0. The average Bonchev–Trinajstić information content (AvgIpc) is 2.70. The molecular weight excluding hydrogens is 170 g/mol. The fourth-order valence-corrected chi connectivity index (χ4v) is 2.43. The predicted molar refractivity (Wildman–Crippen MR) is 59.3 cm³/mol. The lowest BCUT2D eigenvalue weighted by atomic mass is 9.92. The first-order chi connectivity index (χ1) is 6.79. The van der Waals surface area contributed by atoms with Crippen molar-refractivity contribution in [3.8, 4) is 0 Å². The van der Waals surface area contributed by atoms with Crippen molar-refractivity contribution in [1.82, 2.24) is 0 Å². The number of hydrogen-bond donors (Lipinski definition) is 1. The maximum atomic E-state index is 2.49. The van der Waals surface area contributed by atoms with Crippen molar-refractivity contribution >= 4 is 0 Å². The molecule has 14 heavy (non-hydrogen) atoms. The largest absolute Gasteiger partial charge is 0.340 e. The second-order valence-electron chi connectivity index (χ2n) is 4.56. The molecular formula is C13H20N+. The Hall–Kier alpha value is -0.820. The summed E-state index contributed by atoms with van der Waals surface area (Å²) in [5, 5.41) is 2.49. The summed E-state index contributed by atoms with van der Waals surface area (Å²) in [6.07, 6.45) is 2.72. The van der Waals surface area contributed by atoms with Crippen LogP contribution in [0.15, 0.2) is 24.3 Å². The Morgan fingerprint density at radius 3 is 2.71 bits per heavy atom. The molecule has 1 heteroatoms. The molecule has 1 nitrogen and oxygen atoms in total. The quantitative estimate of drug-likeness (QED) is 0.736. The van der Waals surface area contributed by atoms with E-state index >= 15 is 0 Å². The standard InChI is InChI=1S/C13H19N/c1-10(2)11-6-3-4-7-12(11)13-8-5-9-14-13/h3-4,6-7,10,13-14H,5,8-9H2,1-2H3/p+1. The van der Waals surface area contributed by atoms with Gasteiger partial charge in [-0.3, -0.25) is 0 Å². The summed E-state index contributed by atoms with van der Waals surface area (Å²) in [5.41, 5.74) is 3.11. The molecule has 1 aromatic rings. The lowest BCUT2D eigenvalue weighted by Gasteiger charge is -2.15. The topological polar surface area (TPSA) is 16.6 Å². The van der Waals surface area contributed by atoms with Crippen molar-refractivity contribution in [2.75, 3.05) is 6.54 Å². The molecule has 0 aromatic heterocycles. The molecule has 1 aliphatic rings. The summed E-state index contributed by atoms with van der Waals surface area (Å²) < 4.78 is 0. The van der Waals surface area contributed by atoms with Crippen LogP contribution in [0.25, 0.3) is 0 Å². The van der Waals surface area contributed by atoms with E-state index in [1.165, 1.54) is 24.9 Å². The summed E-state index contributed by atoms with van der Waals surface area (Å²) in [4.78, 5) is 0. The SMILES string of the molecule is CC(C)c1ccccc1C1CCC[NH2+]1. The first-order valence-corrected chi connectivity index (χ1v) is 5.71. The molecule has 76 valence electrons. The molecule has 1 atom stereocenters. The Bertz CT molecular complexity index is 298. The normalized spacial score (nSPS) is 21.8. The van der Waals surface area contributed by atoms with Crippen LogP contribution < -0.4 is 5.32 Å². The highest BCUT2D eigenvalue weighted by atomic mass is 14.9. The summed E-state index contributed by atoms with van der Waals surface area (Å²) >= 11 is 0. The zero-order chi connectivity index (χ0) is 9.97. The molecule has 0 spiro atoms. The van der Waals surface area contributed by atoms with Crippen LogP contribution in [0.1, 0.15) is 49.8 Å². The Kier molecular flexibility index (Phi) is 2.87. The minimum atomic E-state index is 0.653. The van der Waals surface area contributed by atoms with Crippen LogP contribution in [0.4, 0.5) is 0 Å². The third kappa shape index (κ3) is 1.83. The second-order valence-corrected chi connectivity index (χ2v) is 4.56. The summed E-state index contributed by atoms with van der Waals surface area (Å²) in [6, 6.07) is 9.66. The van der Waals surface area contributed by atoms with Crippen LogP contribution in [0.3, 0.4) is 0 Å². The highest BCUT2D eigenvalue weighted by molar-refractivity contribution is 5.31. The predicted octanol–water partition coefficient (Wildman–Crippen LogP) is 2.21. The number of nitrogens with two attached hydrogens (primary N) is 1. The van der Waals surface area contributed by atoms with Crippen LogP contribution >= 0.6 is 0 Å². The maximum Gasteiger partial charge on any atom is 0.112 e. The first kappa shape index (κ1) is 9.72. The lowest BCUT2D eigenvalue weighted by molar-refractivity contribution is -0.676. The Morgan fingerprint density at radius 1 is 1.29 bits per heavy atom. The van der Waals surface area contributed by atoms with Crippen molar-refractivity contribution in [1.29, 1.82) is 0 Å². The van der Waals surface area contributed by atoms with Gasteiger partial charge in [0.25, 0.3) is 0 Å². The van der Waals surface area contributed by atoms with Crippen molar-refractivity contribution in [3.63, 3.8) is 0 Å². The van der Waals surface area contributed by atoms with Crippen molar-refractivity contribution in [2.45, 2.75) is 38.6 Å².